The maximum absolute atomic E-state index is 8.08. The molecule has 0 fully saturated rings. The third-order valence-corrected chi connectivity index (χ3v) is 0.771. The summed E-state index contributed by atoms with van der Waals surface area (Å²) in [4.78, 5) is 0. The summed E-state index contributed by atoms with van der Waals surface area (Å²) < 4.78 is 9.47. The van der Waals surface area contributed by atoms with Crippen molar-refractivity contribution in [2.24, 2.45) is 0 Å². The number of hydrogen-bond donors (Lipinski definition) is 0. The zero-order chi connectivity index (χ0) is 7.66. The number of rotatable bonds is 5. The first-order valence-electron chi connectivity index (χ1n) is 2.94. The molecule has 0 amide bonds. The molecule has 0 aromatic carbocycles. The van der Waals surface area contributed by atoms with Crippen LogP contribution in [-0.2, 0) is 9.47 Å². The molecule has 54 valence electrons. The van der Waals surface area contributed by atoms with Crippen molar-refractivity contribution >= 4 is 0 Å². The van der Waals surface area contributed by atoms with Crippen LogP contribution >= 0.6 is 0 Å². The molecule has 0 spiro atoms. The van der Waals surface area contributed by atoms with Crippen molar-refractivity contribution in [2.75, 3.05) is 19.8 Å². The smallest absolute Gasteiger partial charge is 0.123 e. The van der Waals surface area contributed by atoms with Gasteiger partial charge >= 0.3 is 0 Å². The molecule has 0 atom stereocenters. The molecule has 3 nitrogen and oxygen atoms in total. The Labute approximate surface area is 60.5 Å². The van der Waals surface area contributed by atoms with Gasteiger partial charge in [0, 0.05) is 0 Å². The van der Waals surface area contributed by atoms with Crippen molar-refractivity contribution in [3.05, 3.63) is 0 Å². The van der Waals surface area contributed by atoms with Crippen LogP contribution in [0, 0.1) is 23.9 Å². The topological polar surface area (TPSA) is 42.2 Å². The molecule has 0 rings (SSSR count). The zero-order valence-corrected chi connectivity index (χ0v) is 5.67. The molecule has 0 saturated heterocycles. The largest absolute Gasteiger partial charge is 0.444 e. The Morgan fingerprint density at radius 1 is 1.30 bits per heavy atom. The normalized spacial score (nSPS) is 7.80. The molecule has 10 heavy (non-hydrogen) atoms. The van der Waals surface area contributed by atoms with Crippen LogP contribution < -0.4 is 0 Å². The molecule has 3 heteroatoms. The van der Waals surface area contributed by atoms with Crippen LogP contribution in [-0.4, -0.2) is 19.8 Å². The van der Waals surface area contributed by atoms with Crippen LogP contribution in [0.15, 0.2) is 0 Å². The predicted octanol–water partition coefficient (Wildman–Crippen LogP) is 0.524. The van der Waals surface area contributed by atoms with Crippen LogP contribution in [0.3, 0.4) is 0 Å². The third kappa shape index (κ3) is 6.81. The summed E-state index contributed by atoms with van der Waals surface area (Å²) in [7, 11) is 0. The van der Waals surface area contributed by atoms with E-state index in [1.54, 1.807) is 0 Å². The predicted molar refractivity (Wildman–Crippen MR) is 35.8 cm³/mol. The summed E-state index contributed by atoms with van der Waals surface area (Å²) in [6.07, 6.45) is 7.22. The number of ether oxygens (including phenoxy) is 2. The minimum absolute atomic E-state index is 0.391. The van der Waals surface area contributed by atoms with Crippen molar-refractivity contribution in [1.82, 2.24) is 0 Å². The number of terminal acetylenes is 1. The fourth-order valence-electron chi connectivity index (χ4n) is 0.379. The number of hydrogen-bond acceptors (Lipinski definition) is 3. The van der Waals surface area contributed by atoms with Gasteiger partial charge in [0.05, 0.1) is 25.7 Å². The Morgan fingerprint density at radius 3 is 2.70 bits per heavy atom. The van der Waals surface area contributed by atoms with Crippen molar-refractivity contribution < 1.29 is 9.47 Å². The minimum atomic E-state index is 0.391. The Balaban J connectivity index is 2.80. The van der Waals surface area contributed by atoms with Crippen molar-refractivity contribution in [1.29, 1.82) is 5.26 Å². The fourth-order valence-corrected chi connectivity index (χ4v) is 0.379. The van der Waals surface area contributed by atoms with E-state index in [0.29, 0.717) is 26.2 Å². The molecular formula is C7H9NO2. The van der Waals surface area contributed by atoms with Crippen LogP contribution in [0.2, 0.25) is 0 Å². The highest BCUT2D eigenvalue weighted by Crippen LogP contribution is 1.79. The average Bonchev–Trinajstić information content (AvgIpc) is 1.97. The van der Waals surface area contributed by atoms with E-state index >= 15 is 0 Å². The summed E-state index contributed by atoms with van der Waals surface area (Å²) in [5.41, 5.74) is 0. The van der Waals surface area contributed by atoms with E-state index in [1.165, 1.54) is 0 Å². The van der Waals surface area contributed by atoms with E-state index in [4.69, 9.17) is 16.4 Å². The summed E-state index contributed by atoms with van der Waals surface area (Å²) in [5, 5.41) is 8.08. The van der Waals surface area contributed by atoms with Gasteiger partial charge in [-0.25, -0.2) is 0 Å². The Kier molecular flexibility index (Phi) is 6.88. The Hall–Kier alpha value is -1.19. The van der Waals surface area contributed by atoms with Gasteiger partial charge in [-0.3, -0.25) is 0 Å². The lowest BCUT2D eigenvalue weighted by Crippen LogP contribution is -2.01. The Bertz CT molecular complexity index is 125. The summed E-state index contributed by atoms with van der Waals surface area (Å²) >= 11 is 0. The fraction of sp³-hybridized carbons (Fsp3) is 0.571. The lowest BCUT2D eigenvalue weighted by atomic mass is 10.5. The quantitative estimate of drug-likeness (QED) is 0.412. The first-order valence-corrected chi connectivity index (χ1v) is 2.94. The molecule has 0 bridgehead atoms. The molecule has 0 aliphatic carbocycles. The second-order valence-electron chi connectivity index (χ2n) is 1.49. The van der Waals surface area contributed by atoms with Gasteiger partial charge in [0.15, 0.2) is 0 Å². The maximum Gasteiger partial charge on any atom is 0.123 e. The van der Waals surface area contributed by atoms with E-state index in [0.717, 1.165) is 0 Å². The van der Waals surface area contributed by atoms with Gasteiger partial charge in [-0.05, 0) is 0 Å². The van der Waals surface area contributed by atoms with E-state index in [-0.39, 0.29) is 0 Å². The highest BCUT2D eigenvalue weighted by Gasteiger charge is 1.85. The lowest BCUT2D eigenvalue weighted by Gasteiger charge is -1.97. The molecule has 0 unspecified atom stereocenters. The molecule has 0 radical (unpaired) electrons. The maximum atomic E-state index is 8.08. The second kappa shape index (κ2) is 7.81. The van der Waals surface area contributed by atoms with Gasteiger partial charge in [-0.15, -0.1) is 0 Å². The first kappa shape index (κ1) is 8.81. The van der Waals surface area contributed by atoms with Crippen LogP contribution in [0.25, 0.3) is 0 Å². The highest BCUT2D eigenvalue weighted by atomic mass is 16.5. The summed E-state index contributed by atoms with van der Waals surface area (Å²) in [6.45, 7) is 1.29. The molecule has 0 aliphatic rings. The highest BCUT2D eigenvalue weighted by molar-refractivity contribution is 4.68. The standard InChI is InChI=1S/C7H9NO2/c1-2-9-6-7-10-5-3-4-8/h1H,3,5-7H2. The molecule has 0 N–H and O–H groups in total. The Morgan fingerprint density at radius 2 is 2.10 bits per heavy atom. The van der Waals surface area contributed by atoms with E-state index in [9.17, 15) is 0 Å². The molecule has 0 saturated carbocycles. The number of nitrogens with zero attached hydrogens (tertiary/aromatic N) is 1. The SMILES string of the molecule is C#COCCOCCC#N. The minimum Gasteiger partial charge on any atom is -0.444 e. The molecule has 0 heterocycles. The van der Waals surface area contributed by atoms with Gasteiger partial charge < -0.3 is 9.47 Å². The average molecular weight is 139 g/mol. The van der Waals surface area contributed by atoms with Gasteiger partial charge in [0.1, 0.15) is 12.7 Å². The van der Waals surface area contributed by atoms with E-state index < -0.39 is 0 Å². The third-order valence-electron chi connectivity index (χ3n) is 0.771. The molecule has 0 aliphatic heterocycles. The second-order valence-corrected chi connectivity index (χ2v) is 1.49. The molecule has 0 aromatic heterocycles. The van der Waals surface area contributed by atoms with Crippen molar-refractivity contribution in [2.45, 2.75) is 6.42 Å². The van der Waals surface area contributed by atoms with Crippen molar-refractivity contribution in [3.63, 3.8) is 0 Å². The van der Waals surface area contributed by atoms with E-state index in [1.807, 2.05) is 12.2 Å². The molecular weight excluding hydrogens is 130 g/mol. The van der Waals surface area contributed by atoms with Gasteiger partial charge in [0.2, 0.25) is 0 Å². The summed E-state index contributed by atoms with van der Waals surface area (Å²) in [5.74, 6) is 0. The van der Waals surface area contributed by atoms with Gasteiger partial charge in [-0.1, -0.05) is 6.42 Å². The molecule has 0 aromatic rings. The lowest BCUT2D eigenvalue weighted by molar-refractivity contribution is 0.0948. The van der Waals surface area contributed by atoms with Crippen LogP contribution in [0.1, 0.15) is 6.42 Å². The van der Waals surface area contributed by atoms with Gasteiger partial charge in [0.25, 0.3) is 0 Å². The van der Waals surface area contributed by atoms with Gasteiger partial charge in [-0.2, -0.15) is 5.26 Å². The van der Waals surface area contributed by atoms with Crippen LogP contribution in [0.5, 0.6) is 0 Å². The monoisotopic (exact) mass is 139 g/mol. The summed E-state index contributed by atoms with van der Waals surface area (Å²) in [6, 6.07) is 1.95. The number of nitriles is 1. The van der Waals surface area contributed by atoms with E-state index in [2.05, 4.69) is 4.74 Å². The van der Waals surface area contributed by atoms with Crippen molar-refractivity contribution in [3.8, 4) is 18.6 Å². The zero-order valence-electron chi connectivity index (χ0n) is 5.67. The van der Waals surface area contributed by atoms with Crippen LogP contribution in [0.4, 0.5) is 0 Å². The first-order chi connectivity index (χ1) is 4.91.